The van der Waals surface area contributed by atoms with Gasteiger partial charge >= 0.3 is 0 Å². The summed E-state index contributed by atoms with van der Waals surface area (Å²) in [7, 11) is 3.18. The van der Waals surface area contributed by atoms with Crippen LogP contribution in [-0.4, -0.2) is 40.4 Å². The number of halogens is 2. The molecule has 0 bridgehead atoms. The Balaban J connectivity index is 1.57. The maximum atomic E-state index is 13.8. The fourth-order valence-corrected chi connectivity index (χ4v) is 4.14. The van der Waals surface area contributed by atoms with Gasteiger partial charge in [-0.25, -0.2) is 13.1 Å². The fourth-order valence-electron chi connectivity index (χ4n) is 3.05. The minimum atomic E-state index is -0.752. The largest absolute Gasteiger partial charge is 0.491 e. The van der Waals surface area contributed by atoms with E-state index in [1.54, 1.807) is 11.9 Å². The van der Waals surface area contributed by atoms with Crippen LogP contribution in [0.1, 0.15) is 24.2 Å². The van der Waals surface area contributed by atoms with Gasteiger partial charge in [0.15, 0.2) is 17.4 Å². The number of aromatic nitrogens is 2. The lowest BCUT2D eigenvalue weighted by atomic mass is 10.1. The summed E-state index contributed by atoms with van der Waals surface area (Å²) in [5.41, 5.74) is 2.17. The van der Waals surface area contributed by atoms with E-state index in [0.29, 0.717) is 0 Å². The number of benzene rings is 1. The molecule has 0 atom stereocenters. The first-order valence-corrected chi connectivity index (χ1v) is 9.29. The zero-order valence-corrected chi connectivity index (χ0v) is 16.2. The van der Waals surface area contributed by atoms with E-state index < -0.39 is 11.6 Å². The Bertz CT molecular complexity index is 766. The van der Waals surface area contributed by atoms with Crippen LogP contribution in [0.3, 0.4) is 0 Å². The molecule has 1 aliphatic heterocycles. The Labute approximate surface area is 156 Å². The molecule has 2 aromatic rings. The topological polar surface area (TPSA) is 39.5 Å². The Morgan fingerprint density at radius 1 is 1.15 bits per heavy atom. The molecule has 2 heterocycles. The number of rotatable bonds is 5. The van der Waals surface area contributed by atoms with E-state index in [4.69, 9.17) is 9.47 Å². The quantitative estimate of drug-likeness (QED) is 0.733. The maximum absolute atomic E-state index is 13.8. The van der Waals surface area contributed by atoms with Crippen molar-refractivity contribution in [2.75, 3.05) is 20.2 Å². The van der Waals surface area contributed by atoms with Gasteiger partial charge in [-0.3, -0.25) is 4.68 Å². The van der Waals surface area contributed by atoms with Gasteiger partial charge in [-0.1, -0.05) is 0 Å². The molecule has 0 aliphatic carbocycles. The number of piperidine rings is 1. The van der Waals surface area contributed by atoms with Gasteiger partial charge in [0.05, 0.1) is 23.4 Å². The SMILES string of the molecule is COc1c(F)cc(OC2CCN(Sc3c(C)nn(C)c3C)CC2)cc1F. The van der Waals surface area contributed by atoms with Crippen molar-refractivity contribution in [3.63, 3.8) is 0 Å². The predicted octanol–water partition coefficient (Wildman–Crippen LogP) is 3.87. The van der Waals surface area contributed by atoms with Crippen molar-refractivity contribution in [1.29, 1.82) is 0 Å². The molecule has 0 N–H and O–H groups in total. The van der Waals surface area contributed by atoms with Gasteiger partial charge < -0.3 is 9.47 Å². The summed E-state index contributed by atoms with van der Waals surface area (Å²) in [5.74, 6) is -1.69. The molecule has 142 valence electrons. The molecule has 1 fully saturated rings. The highest BCUT2D eigenvalue weighted by molar-refractivity contribution is 7.97. The average molecular weight is 383 g/mol. The molecule has 1 aromatic carbocycles. The number of methoxy groups -OCH3 is 1. The van der Waals surface area contributed by atoms with Crippen molar-refractivity contribution in [1.82, 2.24) is 14.1 Å². The number of hydrogen-bond donors (Lipinski definition) is 0. The van der Waals surface area contributed by atoms with Gasteiger partial charge in [0, 0.05) is 32.3 Å². The summed E-state index contributed by atoms with van der Waals surface area (Å²) in [6.07, 6.45) is 1.52. The van der Waals surface area contributed by atoms with E-state index in [1.807, 2.05) is 18.7 Å². The van der Waals surface area contributed by atoms with E-state index in [9.17, 15) is 8.78 Å². The van der Waals surface area contributed by atoms with Crippen molar-refractivity contribution in [2.24, 2.45) is 7.05 Å². The second kappa shape index (κ2) is 7.84. The zero-order valence-electron chi connectivity index (χ0n) is 15.4. The first-order chi connectivity index (χ1) is 12.4. The van der Waals surface area contributed by atoms with E-state index in [1.165, 1.54) is 24.1 Å². The third kappa shape index (κ3) is 3.96. The number of nitrogens with zero attached hydrogens (tertiary/aromatic N) is 3. The molecular formula is C18H23F2N3O2S. The monoisotopic (exact) mass is 383 g/mol. The minimum Gasteiger partial charge on any atom is -0.491 e. The molecule has 1 aliphatic rings. The van der Waals surface area contributed by atoms with E-state index in [2.05, 4.69) is 16.3 Å². The first-order valence-electron chi connectivity index (χ1n) is 8.51. The van der Waals surface area contributed by atoms with Crippen LogP contribution < -0.4 is 9.47 Å². The summed E-state index contributed by atoms with van der Waals surface area (Å²) >= 11 is 1.71. The van der Waals surface area contributed by atoms with E-state index in [0.717, 1.165) is 37.3 Å². The lowest BCUT2D eigenvalue weighted by Crippen LogP contribution is -2.34. The van der Waals surface area contributed by atoms with Crippen molar-refractivity contribution in [2.45, 2.75) is 37.7 Å². The molecule has 0 saturated carbocycles. The number of hydrogen-bond acceptors (Lipinski definition) is 5. The van der Waals surface area contributed by atoms with E-state index in [-0.39, 0.29) is 17.6 Å². The van der Waals surface area contributed by atoms with Crippen molar-refractivity contribution in [3.05, 3.63) is 35.2 Å². The van der Waals surface area contributed by atoms with Crippen LogP contribution in [0.15, 0.2) is 17.0 Å². The van der Waals surface area contributed by atoms with Gasteiger partial charge in [0.2, 0.25) is 0 Å². The van der Waals surface area contributed by atoms with Gasteiger partial charge in [0.25, 0.3) is 0 Å². The molecule has 8 heteroatoms. The molecule has 0 radical (unpaired) electrons. The van der Waals surface area contributed by atoms with Crippen LogP contribution in [-0.2, 0) is 7.05 Å². The van der Waals surface area contributed by atoms with Crippen molar-refractivity contribution >= 4 is 11.9 Å². The third-order valence-electron chi connectivity index (χ3n) is 4.54. The Morgan fingerprint density at radius 2 is 1.77 bits per heavy atom. The first kappa shape index (κ1) is 19.0. The maximum Gasteiger partial charge on any atom is 0.190 e. The molecule has 0 spiro atoms. The van der Waals surface area contributed by atoms with E-state index >= 15 is 0 Å². The van der Waals surface area contributed by atoms with Gasteiger partial charge in [-0.2, -0.15) is 5.10 Å². The third-order valence-corrected chi connectivity index (χ3v) is 5.94. The van der Waals surface area contributed by atoms with Crippen LogP contribution in [0.2, 0.25) is 0 Å². The van der Waals surface area contributed by atoms with Crippen LogP contribution >= 0.6 is 11.9 Å². The summed E-state index contributed by atoms with van der Waals surface area (Å²) in [6.45, 7) is 5.75. The molecule has 3 rings (SSSR count). The molecule has 1 aromatic heterocycles. The highest BCUT2D eigenvalue weighted by atomic mass is 32.2. The lowest BCUT2D eigenvalue weighted by Gasteiger charge is -2.31. The van der Waals surface area contributed by atoms with Gasteiger partial charge in [-0.15, -0.1) is 0 Å². The standard InChI is InChI=1S/C18H23F2N3O2S/c1-11-18(12(2)22(3)21-11)26-23-7-5-13(6-8-23)25-14-9-15(19)17(24-4)16(20)10-14/h9-10,13H,5-8H2,1-4H3. The molecule has 26 heavy (non-hydrogen) atoms. The highest BCUT2D eigenvalue weighted by Crippen LogP contribution is 2.33. The van der Waals surface area contributed by atoms with Crippen LogP contribution in [0.25, 0.3) is 0 Å². The smallest absolute Gasteiger partial charge is 0.190 e. The average Bonchev–Trinajstić information content (AvgIpc) is 2.82. The van der Waals surface area contributed by atoms with Crippen LogP contribution in [0, 0.1) is 25.5 Å². The molecule has 5 nitrogen and oxygen atoms in total. The summed E-state index contributed by atoms with van der Waals surface area (Å²) in [4.78, 5) is 1.19. The Hall–Kier alpha value is -1.80. The molecular weight excluding hydrogens is 360 g/mol. The summed E-state index contributed by atoms with van der Waals surface area (Å²) in [6, 6.07) is 2.34. The van der Waals surface area contributed by atoms with Crippen LogP contribution in [0.5, 0.6) is 11.5 Å². The zero-order chi connectivity index (χ0) is 18.8. The molecule has 0 unspecified atom stereocenters. The normalized spacial score (nSPS) is 16.1. The lowest BCUT2D eigenvalue weighted by molar-refractivity contribution is 0.138. The van der Waals surface area contributed by atoms with Gasteiger partial charge in [0.1, 0.15) is 11.9 Å². The van der Waals surface area contributed by atoms with Crippen LogP contribution in [0.4, 0.5) is 8.78 Å². The Kier molecular flexibility index (Phi) is 5.72. The summed E-state index contributed by atoms with van der Waals surface area (Å²) < 4.78 is 42.2. The van der Waals surface area contributed by atoms with Crippen molar-refractivity contribution < 1.29 is 18.3 Å². The highest BCUT2D eigenvalue weighted by Gasteiger charge is 2.24. The van der Waals surface area contributed by atoms with Crippen molar-refractivity contribution in [3.8, 4) is 11.5 Å². The number of aryl methyl sites for hydroxylation is 2. The fraction of sp³-hybridized carbons (Fsp3) is 0.500. The number of ether oxygens (including phenoxy) is 2. The summed E-state index contributed by atoms with van der Waals surface area (Å²) in [5, 5.41) is 4.44. The predicted molar refractivity (Wildman–Crippen MR) is 96.7 cm³/mol. The minimum absolute atomic E-state index is 0.0601. The molecule has 0 amide bonds. The Morgan fingerprint density at radius 3 is 2.27 bits per heavy atom. The second-order valence-electron chi connectivity index (χ2n) is 6.38. The second-order valence-corrected chi connectivity index (χ2v) is 7.49. The van der Waals surface area contributed by atoms with Gasteiger partial charge in [-0.05, 0) is 38.6 Å². The molecule has 1 saturated heterocycles.